The smallest absolute Gasteiger partial charge is 0.335 e. The Morgan fingerprint density at radius 1 is 1.11 bits per heavy atom. The fourth-order valence-corrected chi connectivity index (χ4v) is 4.22. The van der Waals surface area contributed by atoms with Crippen LogP contribution in [0.25, 0.3) is 0 Å². The molecule has 0 bridgehead atoms. The quantitative estimate of drug-likeness (QED) is 0.870. The summed E-state index contributed by atoms with van der Waals surface area (Å²) in [4.78, 5) is 26.4. The average Bonchev–Trinajstić information content (AvgIpc) is 2.73. The molecule has 140 valence electrons. The predicted octanol–water partition coefficient (Wildman–Crippen LogP) is 3.76. The van der Waals surface area contributed by atoms with Gasteiger partial charge in [-0.2, -0.15) is 0 Å². The molecule has 1 atom stereocenters. The van der Waals surface area contributed by atoms with Gasteiger partial charge in [0.25, 0.3) is 5.91 Å². The maximum atomic E-state index is 13.2. The zero-order valence-electron chi connectivity index (χ0n) is 15.3. The number of anilines is 1. The minimum Gasteiger partial charge on any atom is -0.478 e. The minimum absolute atomic E-state index is 0.0698. The molecule has 2 aliphatic heterocycles. The van der Waals surface area contributed by atoms with Gasteiger partial charge in [0.15, 0.2) is 0 Å². The van der Waals surface area contributed by atoms with Crippen molar-refractivity contribution >= 4 is 17.6 Å². The monoisotopic (exact) mass is 364 g/mol. The molecule has 0 saturated carbocycles. The fraction of sp³-hybridized carbons (Fsp3) is 0.364. The molecule has 5 heteroatoms. The van der Waals surface area contributed by atoms with Crippen molar-refractivity contribution in [3.05, 3.63) is 64.7 Å². The van der Waals surface area contributed by atoms with Crippen LogP contribution in [0.1, 0.15) is 57.0 Å². The van der Waals surface area contributed by atoms with Crippen molar-refractivity contribution in [3.63, 3.8) is 0 Å². The lowest BCUT2D eigenvalue weighted by Gasteiger charge is -2.34. The maximum absolute atomic E-state index is 13.2. The number of nitrogens with one attached hydrogen (secondary N) is 1. The Balaban J connectivity index is 1.56. The van der Waals surface area contributed by atoms with E-state index >= 15 is 0 Å². The molecule has 0 radical (unpaired) electrons. The second-order valence-corrected chi connectivity index (χ2v) is 7.39. The molecule has 2 aromatic carbocycles. The summed E-state index contributed by atoms with van der Waals surface area (Å²) in [6.07, 6.45) is 4.00. The van der Waals surface area contributed by atoms with E-state index in [-0.39, 0.29) is 11.8 Å². The van der Waals surface area contributed by atoms with Gasteiger partial charge in [0, 0.05) is 25.6 Å². The number of rotatable bonds is 3. The largest absolute Gasteiger partial charge is 0.478 e. The van der Waals surface area contributed by atoms with Gasteiger partial charge in [-0.05, 0) is 55.0 Å². The summed E-state index contributed by atoms with van der Waals surface area (Å²) in [5.74, 6) is -0.669. The van der Waals surface area contributed by atoms with Crippen LogP contribution >= 0.6 is 0 Å². The van der Waals surface area contributed by atoms with Gasteiger partial charge >= 0.3 is 5.97 Å². The van der Waals surface area contributed by atoms with Crippen LogP contribution in [0.3, 0.4) is 0 Å². The summed E-state index contributed by atoms with van der Waals surface area (Å²) >= 11 is 0. The molecule has 2 N–H and O–H groups in total. The molecule has 1 amide bonds. The normalized spacial score (nSPS) is 19.1. The van der Waals surface area contributed by atoms with E-state index in [2.05, 4.69) is 11.4 Å². The van der Waals surface area contributed by atoms with Crippen molar-refractivity contribution in [1.82, 2.24) is 4.90 Å². The summed E-state index contributed by atoms with van der Waals surface area (Å²) < 4.78 is 0. The van der Waals surface area contributed by atoms with Crippen molar-refractivity contribution in [2.45, 2.75) is 31.6 Å². The summed E-state index contributed by atoms with van der Waals surface area (Å²) in [6, 6.07) is 13.1. The number of hydrogen-bond donors (Lipinski definition) is 2. The number of carbonyl (C=O) groups excluding carboxylic acids is 1. The Bertz CT molecular complexity index is 878. The van der Waals surface area contributed by atoms with Gasteiger partial charge in [-0.1, -0.05) is 24.3 Å². The minimum atomic E-state index is -0.914. The fourth-order valence-electron chi connectivity index (χ4n) is 4.22. The van der Waals surface area contributed by atoms with Crippen LogP contribution in [-0.4, -0.2) is 41.5 Å². The molecule has 0 unspecified atom stereocenters. The molecule has 4 rings (SSSR count). The number of likely N-dealkylation sites (tertiary alicyclic amines) is 1. The van der Waals surface area contributed by atoms with E-state index < -0.39 is 5.97 Å². The third kappa shape index (κ3) is 3.54. The zero-order valence-corrected chi connectivity index (χ0v) is 15.3. The molecule has 0 aliphatic carbocycles. The van der Waals surface area contributed by atoms with E-state index in [1.54, 1.807) is 18.2 Å². The molecular weight excluding hydrogens is 340 g/mol. The van der Waals surface area contributed by atoms with Crippen LogP contribution in [0.15, 0.2) is 42.5 Å². The van der Waals surface area contributed by atoms with Crippen LogP contribution in [0.5, 0.6) is 0 Å². The molecular formula is C22H24N2O3. The van der Waals surface area contributed by atoms with Gasteiger partial charge in [-0.3, -0.25) is 4.79 Å². The highest BCUT2D eigenvalue weighted by Gasteiger charge is 2.28. The Hall–Kier alpha value is -2.82. The molecule has 0 spiro atoms. The van der Waals surface area contributed by atoms with Crippen molar-refractivity contribution in [1.29, 1.82) is 0 Å². The highest BCUT2D eigenvalue weighted by atomic mass is 16.4. The second-order valence-electron chi connectivity index (χ2n) is 7.39. The number of carbonyl (C=O) groups is 2. The third-order valence-electron chi connectivity index (χ3n) is 5.62. The second kappa shape index (κ2) is 7.43. The third-order valence-corrected chi connectivity index (χ3v) is 5.62. The van der Waals surface area contributed by atoms with Gasteiger partial charge < -0.3 is 15.3 Å². The highest BCUT2D eigenvalue weighted by Crippen LogP contribution is 2.31. The number of para-hydroxylation sites is 1. The number of aryl methyl sites for hydroxylation is 1. The van der Waals surface area contributed by atoms with E-state index in [0.717, 1.165) is 55.6 Å². The van der Waals surface area contributed by atoms with E-state index in [0.29, 0.717) is 12.1 Å². The van der Waals surface area contributed by atoms with Gasteiger partial charge in [-0.25, -0.2) is 4.79 Å². The number of amides is 1. The number of nitrogens with zero attached hydrogens (tertiary/aromatic N) is 1. The standard InChI is InChI=1S/C22H24N2O3/c25-21(19-10-2-5-15-8-3-11-23-20(15)19)24-12-4-9-18(14-24)16-6-1-7-17(13-16)22(26)27/h1-2,5-7,10,13,18,23H,3-4,8-9,11-12,14H2,(H,26,27)/t18-/m1/s1. The molecule has 5 nitrogen and oxygen atoms in total. The molecule has 2 heterocycles. The first kappa shape index (κ1) is 17.6. The van der Waals surface area contributed by atoms with Gasteiger partial charge in [0.1, 0.15) is 0 Å². The van der Waals surface area contributed by atoms with E-state index in [9.17, 15) is 14.7 Å². The molecule has 1 fully saturated rings. The molecule has 1 saturated heterocycles. The molecule has 2 aromatic rings. The van der Waals surface area contributed by atoms with Crippen molar-refractivity contribution in [3.8, 4) is 0 Å². The van der Waals surface area contributed by atoms with Crippen LogP contribution < -0.4 is 5.32 Å². The lowest BCUT2D eigenvalue weighted by Crippen LogP contribution is -2.39. The Labute approximate surface area is 159 Å². The molecule has 0 aromatic heterocycles. The van der Waals surface area contributed by atoms with Crippen LogP contribution in [0.2, 0.25) is 0 Å². The first-order chi connectivity index (χ1) is 13.1. The van der Waals surface area contributed by atoms with Gasteiger partial charge in [0.2, 0.25) is 0 Å². The number of carboxylic acid groups (broad SMARTS) is 1. The zero-order chi connectivity index (χ0) is 18.8. The number of carboxylic acids is 1. The van der Waals surface area contributed by atoms with Crippen LogP contribution in [0, 0.1) is 0 Å². The van der Waals surface area contributed by atoms with Crippen LogP contribution in [-0.2, 0) is 6.42 Å². The lowest BCUT2D eigenvalue weighted by atomic mass is 9.89. The average molecular weight is 364 g/mol. The summed E-state index contributed by atoms with van der Waals surface area (Å²) in [7, 11) is 0. The van der Waals surface area contributed by atoms with E-state index in [1.807, 2.05) is 23.1 Å². The van der Waals surface area contributed by atoms with Gasteiger partial charge in [-0.15, -0.1) is 0 Å². The van der Waals surface area contributed by atoms with Crippen molar-refractivity contribution in [2.24, 2.45) is 0 Å². The summed E-state index contributed by atoms with van der Waals surface area (Å²) in [6.45, 7) is 2.28. The topological polar surface area (TPSA) is 69.6 Å². The molecule has 2 aliphatic rings. The summed E-state index contributed by atoms with van der Waals surface area (Å²) in [5, 5.41) is 12.6. The van der Waals surface area contributed by atoms with E-state index in [4.69, 9.17) is 0 Å². The van der Waals surface area contributed by atoms with Crippen molar-refractivity contribution < 1.29 is 14.7 Å². The van der Waals surface area contributed by atoms with Crippen molar-refractivity contribution in [2.75, 3.05) is 25.0 Å². The maximum Gasteiger partial charge on any atom is 0.335 e. The van der Waals surface area contributed by atoms with E-state index in [1.165, 1.54) is 5.56 Å². The highest BCUT2D eigenvalue weighted by molar-refractivity contribution is 6.00. The number of piperidine rings is 1. The summed E-state index contributed by atoms with van der Waals surface area (Å²) in [5.41, 5.74) is 4.27. The number of fused-ring (bicyclic) bond motifs is 1. The number of benzene rings is 2. The lowest BCUT2D eigenvalue weighted by molar-refractivity contribution is 0.0688. The SMILES string of the molecule is O=C(O)c1cccc([C@@H]2CCCN(C(=O)c3cccc4c3NCCC4)C2)c1. The van der Waals surface area contributed by atoms with Gasteiger partial charge in [0.05, 0.1) is 16.8 Å². The number of hydrogen-bond acceptors (Lipinski definition) is 3. The van der Waals surface area contributed by atoms with Crippen LogP contribution in [0.4, 0.5) is 5.69 Å². The first-order valence-electron chi connectivity index (χ1n) is 9.62. The Morgan fingerprint density at radius 2 is 1.96 bits per heavy atom. The first-order valence-corrected chi connectivity index (χ1v) is 9.62. The Kier molecular flexibility index (Phi) is 4.84. The predicted molar refractivity (Wildman–Crippen MR) is 105 cm³/mol. The Morgan fingerprint density at radius 3 is 2.81 bits per heavy atom. The number of aromatic carboxylic acids is 1. The molecule has 27 heavy (non-hydrogen) atoms.